The molecule has 0 spiro atoms. The van der Waals surface area contributed by atoms with Crippen molar-refractivity contribution in [3.05, 3.63) is 22.8 Å². The lowest BCUT2D eigenvalue weighted by Crippen LogP contribution is -2.41. The van der Waals surface area contributed by atoms with E-state index in [1.807, 2.05) is 13.0 Å². The summed E-state index contributed by atoms with van der Waals surface area (Å²) in [5.41, 5.74) is 0. The van der Waals surface area contributed by atoms with E-state index in [2.05, 4.69) is 20.9 Å². The molecule has 0 N–H and O–H groups in total. The van der Waals surface area contributed by atoms with Gasteiger partial charge in [-0.2, -0.15) is 0 Å². The van der Waals surface area contributed by atoms with Crippen LogP contribution in [0.25, 0.3) is 0 Å². The second kappa shape index (κ2) is 6.14. The summed E-state index contributed by atoms with van der Waals surface area (Å²) >= 11 is 3.31. The molecule has 1 aliphatic heterocycles. The number of nitrogens with zero attached hydrogens (tertiary/aromatic N) is 3. The molecule has 0 bridgehead atoms. The normalized spacial score (nSPS) is 14.8. The molecule has 2 heterocycles. The Balaban J connectivity index is 2.06. The van der Waals surface area contributed by atoms with Gasteiger partial charge in [-0.05, 0) is 41.4 Å². The Bertz CT molecular complexity index is 475. The monoisotopic (exact) mass is 325 g/mol. The van der Waals surface area contributed by atoms with Crippen molar-refractivity contribution in [2.75, 3.05) is 24.5 Å². The lowest BCUT2D eigenvalue weighted by Gasteiger charge is -2.23. The molecule has 6 heteroatoms. The number of likely N-dealkylation sites (tertiary alicyclic amines) is 1. The minimum Gasteiger partial charge on any atom is -0.333 e. The maximum Gasteiger partial charge on any atom is 0.247 e. The first-order chi connectivity index (χ1) is 9.11. The van der Waals surface area contributed by atoms with Crippen molar-refractivity contribution in [3.63, 3.8) is 0 Å². The fourth-order valence-corrected chi connectivity index (χ4v) is 2.35. The number of pyridine rings is 1. The third-order valence-corrected chi connectivity index (χ3v) is 3.57. The first-order valence-corrected chi connectivity index (χ1v) is 7.11. The number of likely N-dealkylation sites (N-methyl/N-ethyl adjacent to an activating group) is 1. The number of anilines is 1. The van der Waals surface area contributed by atoms with Gasteiger partial charge in [-0.15, -0.1) is 0 Å². The van der Waals surface area contributed by atoms with Crippen molar-refractivity contribution in [2.24, 2.45) is 0 Å². The van der Waals surface area contributed by atoms with Gasteiger partial charge in [0.25, 0.3) is 0 Å². The molecule has 1 fully saturated rings. The third-order valence-electron chi connectivity index (χ3n) is 3.10. The predicted molar refractivity (Wildman–Crippen MR) is 75.8 cm³/mol. The van der Waals surface area contributed by atoms with Crippen LogP contribution in [-0.2, 0) is 9.59 Å². The van der Waals surface area contributed by atoms with Gasteiger partial charge >= 0.3 is 0 Å². The Morgan fingerprint density at radius 3 is 2.84 bits per heavy atom. The molecular weight excluding hydrogens is 310 g/mol. The minimum atomic E-state index is -0.0902. The van der Waals surface area contributed by atoms with Gasteiger partial charge in [-0.1, -0.05) is 0 Å². The minimum absolute atomic E-state index is 0.0631. The summed E-state index contributed by atoms with van der Waals surface area (Å²) in [6, 6.07) is 3.64. The van der Waals surface area contributed by atoms with Crippen molar-refractivity contribution in [1.29, 1.82) is 0 Å². The Hall–Kier alpha value is -1.43. The van der Waals surface area contributed by atoms with Gasteiger partial charge in [0.2, 0.25) is 11.8 Å². The smallest absolute Gasteiger partial charge is 0.247 e. The zero-order valence-electron chi connectivity index (χ0n) is 10.8. The van der Waals surface area contributed by atoms with E-state index in [4.69, 9.17) is 0 Å². The van der Waals surface area contributed by atoms with Crippen LogP contribution in [0.5, 0.6) is 0 Å². The molecule has 5 nitrogen and oxygen atoms in total. The van der Waals surface area contributed by atoms with E-state index in [-0.39, 0.29) is 18.4 Å². The summed E-state index contributed by atoms with van der Waals surface area (Å²) in [5, 5.41) is 0. The molecule has 0 aliphatic carbocycles. The van der Waals surface area contributed by atoms with Crippen LogP contribution in [-0.4, -0.2) is 41.3 Å². The third kappa shape index (κ3) is 3.32. The van der Waals surface area contributed by atoms with Gasteiger partial charge < -0.3 is 4.90 Å². The summed E-state index contributed by atoms with van der Waals surface area (Å²) in [4.78, 5) is 31.2. The second-order valence-electron chi connectivity index (χ2n) is 4.39. The highest BCUT2D eigenvalue weighted by atomic mass is 79.9. The lowest BCUT2D eigenvalue weighted by atomic mass is 10.3. The summed E-state index contributed by atoms with van der Waals surface area (Å²) in [5.74, 6) is 0.586. The van der Waals surface area contributed by atoms with Crippen LogP contribution in [0.4, 0.5) is 5.82 Å². The molecule has 0 radical (unpaired) electrons. The first kappa shape index (κ1) is 14.0. The van der Waals surface area contributed by atoms with E-state index in [9.17, 15) is 9.59 Å². The molecule has 1 saturated heterocycles. The van der Waals surface area contributed by atoms with E-state index >= 15 is 0 Å². The molecule has 0 atom stereocenters. The number of aromatic nitrogens is 1. The van der Waals surface area contributed by atoms with Gasteiger partial charge in [0.1, 0.15) is 12.4 Å². The zero-order chi connectivity index (χ0) is 13.8. The number of hydrogen-bond acceptors (Lipinski definition) is 3. The van der Waals surface area contributed by atoms with E-state index in [1.54, 1.807) is 22.1 Å². The van der Waals surface area contributed by atoms with Gasteiger partial charge in [0.05, 0.1) is 0 Å². The summed E-state index contributed by atoms with van der Waals surface area (Å²) in [6.07, 6.45) is 3.05. The molecule has 1 aromatic rings. The Kier molecular flexibility index (Phi) is 4.52. The largest absolute Gasteiger partial charge is 0.333 e. The number of rotatable bonds is 4. The number of hydrogen-bond donors (Lipinski definition) is 0. The van der Waals surface area contributed by atoms with Crippen molar-refractivity contribution in [1.82, 2.24) is 9.88 Å². The van der Waals surface area contributed by atoms with Crippen LogP contribution >= 0.6 is 15.9 Å². The Morgan fingerprint density at radius 1 is 1.53 bits per heavy atom. The molecule has 0 aromatic carbocycles. The van der Waals surface area contributed by atoms with Gasteiger partial charge in [-0.3, -0.25) is 14.5 Å². The van der Waals surface area contributed by atoms with Crippen molar-refractivity contribution in [2.45, 2.75) is 19.8 Å². The van der Waals surface area contributed by atoms with Gasteiger partial charge in [0.15, 0.2) is 0 Å². The molecule has 102 valence electrons. The maximum atomic E-state index is 12.2. The molecule has 0 saturated carbocycles. The average Bonchev–Trinajstić information content (AvgIpc) is 2.78. The molecular formula is C13H16BrN3O2. The quantitative estimate of drug-likeness (QED) is 0.848. The highest BCUT2D eigenvalue weighted by Crippen LogP contribution is 2.16. The van der Waals surface area contributed by atoms with Crippen LogP contribution in [0.1, 0.15) is 19.8 Å². The van der Waals surface area contributed by atoms with Crippen molar-refractivity contribution < 1.29 is 9.59 Å². The van der Waals surface area contributed by atoms with Crippen LogP contribution in [0.15, 0.2) is 22.8 Å². The maximum absolute atomic E-state index is 12.2. The van der Waals surface area contributed by atoms with Crippen LogP contribution in [0, 0.1) is 0 Å². The summed E-state index contributed by atoms with van der Waals surface area (Å²) in [7, 11) is 0. The molecule has 2 rings (SSSR count). The average molecular weight is 326 g/mol. The fourth-order valence-electron chi connectivity index (χ4n) is 2.11. The number of amides is 2. The number of carbonyl (C=O) groups is 2. The standard InChI is InChI=1S/C13H16BrN3O2/c1-2-17(11-6-5-10(14)8-15-11)13(19)9-16-7-3-4-12(16)18/h5-6,8H,2-4,7,9H2,1H3. The van der Waals surface area contributed by atoms with Crippen molar-refractivity contribution >= 4 is 33.6 Å². The summed E-state index contributed by atoms with van der Waals surface area (Å²) in [6.45, 7) is 3.25. The van der Waals surface area contributed by atoms with Crippen LogP contribution in [0.2, 0.25) is 0 Å². The van der Waals surface area contributed by atoms with E-state index in [1.165, 1.54) is 0 Å². The first-order valence-electron chi connectivity index (χ1n) is 6.31. The topological polar surface area (TPSA) is 53.5 Å². The molecule has 19 heavy (non-hydrogen) atoms. The molecule has 2 amide bonds. The van der Waals surface area contributed by atoms with E-state index in [0.717, 1.165) is 10.9 Å². The Morgan fingerprint density at radius 2 is 2.32 bits per heavy atom. The van der Waals surface area contributed by atoms with Crippen molar-refractivity contribution in [3.8, 4) is 0 Å². The molecule has 1 aliphatic rings. The van der Waals surface area contributed by atoms with Crippen LogP contribution < -0.4 is 4.90 Å². The van der Waals surface area contributed by atoms with E-state index in [0.29, 0.717) is 25.3 Å². The lowest BCUT2D eigenvalue weighted by molar-refractivity contribution is -0.132. The van der Waals surface area contributed by atoms with Gasteiger partial charge in [0, 0.05) is 30.2 Å². The molecule has 0 unspecified atom stereocenters. The van der Waals surface area contributed by atoms with Gasteiger partial charge in [-0.25, -0.2) is 4.98 Å². The second-order valence-corrected chi connectivity index (χ2v) is 5.31. The SMILES string of the molecule is CCN(C(=O)CN1CCCC1=O)c1ccc(Br)cn1. The number of carbonyl (C=O) groups excluding carboxylic acids is 2. The summed E-state index contributed by atoms with van der Waals surface area (Å²) < 4.78 is 0.870. The van der Waals surface area contributed by atoms with Crippen LogP contribution in [0.3, 0.4) is 0 Å². The zero-order valence-corrected chi connectivity index (χ0v) is 12.4. The number of halogens is 1. The highest BCUT2D eigenvalue weighted by molar-refractivity contribution is 9.10. The fraction of sp³-hybridized carbons (Fsp3) is 0.462. The molecule has 1 aromatic heterocycles. The highest BCUT2D eigenvalue weighted by Gasteiger charge is 2.25. The van der Waals surface area contributed by atoms with E-state index < -0.39 is 0 Å². The Labute approximate surface area is 120 Å². The predicted octanol–water partition coefficient (Wildman–Crippen LogP) is 1.82.